The van der Waals surface area contributed by atoms with Crippen LogP contribution in [0.15, 0.2) is 0 Å². The zero-order chi connectivity index (χ0) is 12.1. The molecule has 4 nitrogen and oxygen atoms in total. The summed E-state index contributed by atoms with van der Waals surface area (Å²) in [5.41, 5.74) is 0.633. The lowest BCUT2D eigenvalue weighted by molar-refractivity contribution is -0.142. The molecule has 1 heterocycles. The van der Waals surface area contributed by atoms with Crippen LogP contribution in [0.1, 0.15) is 32.6 Å². The highest BCUT2D eigenvalue weighted by atomic mass is 16.6. The molecule has 1 saturated carbocycles. The van der Waals surface area contributed by atoms with E-state index in [0.717, 1.165) is 6.61 Å². The molecule has 1 aliphatic heterocycles. The molecule has 17 heavy (non-hydrogen) atoms. The van der Waals surface area contributed by atoms with E-state index in [4.69, 9.17) is 9.47 Å². The quantitative estimate of drug-likeness (QED) is 0.583. The third-order valence-corrected chi connectivity index (χ3v) is 4.05. The van der Waals surface area contributed by atoms with Gasteiger partial charge in [-0.2, -0.15) is 0 Å². The summed E-state index contributed by atoms with van der Waals surface area (Å²) in [6.45, 7) is 5.59. The molecule has 2 aliphatic rings. The van der Waals surface area contributed by atoms with Crippen LogP contribution in [0.2, 0.25) is 0 Å². The van der Waals surface area contributed by atoms with E-state index >= 15 is 0 Å². The first-order valence-electron chi connectivity index (χ1n) is 6.62. The number of ether oxygens (including phenoxy) is 2. The number of hydrogen-bond donors (Lipinski definition) is 1. The van der Waals surface area contributed by atoms with Gasteiger partial charge < -0.3 is 14.8 Å². The predicted octanol–water partition coefficient (Wildman–Crippen LogP) is 1.35. The first-order chi connectivity index (χ1) is 8.20. The first kappa shape index (κ1) is 12.8. The number of esters is 1. The van der Waals surface area contributed by atoms with Gasteiger partial charge in [0.15, 0.2) is 0 Å². The summed E-state index contributed by atoms with van der Waals surface area (Å²) in [7, 11) is 0. The van der Waals surface area contributed by atoms with Crippen LogP contribution in [0.25, 0.3) is 0 Å². The SMILES string of the molecule is CC(=O)OCCOCC1CCC2(CC1)CNC2. The minimum Gasteiger partial charge on any atom is -0.463 e. The van der Waals surface area contributed by atoms with Crippen molar-refractivity contribution in [2.45, 2.75) is 32.6 Å². The van der Waals surface area contributed by atoms with Crippen LogP contribution in [-0.2, 0) is 14.3 Å². The van der Waals surface area contributed by atoms with E-state index in [1.54, 1.807) is 0 Å². The van der Waals surface area contributed by atoms with Crippen molar-refractivity contribution in [3.63, 3.8) is 0 Å². The highest BCUT2D eigenvalue weighted by molar-refractivity contribution is 5.65. The third kappa shape index (κ3) is 3.68. The van der Waals surface area contributed by atoms with Crippen molar-refractivity contribution in [1.82, 2.24) is 5.32 Å². The van der Waals surface area contributed by atoms with Crippen LogP contribution in [-0.4, -0.2) is 38.9 Å². The Morgan fingerprint density at radius 2 is 2.00 bits per heavy atom. The highest BCUT2D eigenvalue weighted by Gasteiger charge is 2.39. The van der Waals surface area contributed by atoms with E-state index in [2.05, 4.69) is 5.32 Å². The van der Waals surface area contributed by atoms with Gasteiger partial charge in [-0.05, 0) is 37.0 Å². The molecule has 0 aromatic heterocycles. The summed E-state index contributed by atoms with van der Waals surface area (Å²) in [5, 5.41) is 3.38. The average Bonchev–Trinajstić information content (AvgIpc) is 2.27. The van der Waals surface area contributed by atoms with Crippen LogP contribution in [0.5, 0.6) is 0 Å². The normalized spacial score (nSPS) is 23.4. The van der Waals surface area contributed by atoms with Crippen molar-refractivity contribution in [3.05, 3.63) is 0 Å². The largest absolute Gasteiger partial charge is 0.463 e. The van der Waals surface area contributed by atoms with Crippen molar-refractivity contribution < 1.29 is 14.3 Å². The summed E-state index contributed by atoms with van der Waals surface area (Å²) in [4.78, 5) is 10.5. The molecule has 0 aromatic carbocycles. The monoisotopic (exact) mass is 241 g/mol. The Morgan fingerprint density at radius 1 is 1.29 bits per heavy atom. The van der Waals surface area contributed by atoms with Crippen LogP contribution >= 0.6 is 0 Å². The summed E-state index contributed by atoms with van der Waals surface area (Å²) in [6, 6.07) is 0. The Bertz CT molecular complexity index is 253. The molecule has 0 amide bonds. The molecule has 98 valence electrons. The van der Waals surface area contributed by atoms with Crippen molar-refractivity contribution in [2.24, 2.45) is 11.3 Å². The molecule has 0 atom stereocenters. The Hall–Kier alpha value is -0.610. The van der Waals surface area contributed by atoms with E-state index < -0.39 is 0 Å². The van der Waals surface area contributed by atoms with E-state index in [1.807, 2.05) is 0 Å². The van der Waals surface area contributed by atoms with Gasteiger partial charge in [0.25, 0.3) is 0 Å². The maximum Gasteiger partial charge on any atom is 0.302 e. The van der Waals surface area contributed by atoms with Gasteiger partial charge >= 0.3 is 5.97 Å². The van der Waals surface area contributed by atoms with Crippen molar-refractivity contribution in [1.29, 1.82) is 0 Å². The minimum atomic E-state index is -0.231. The van der Waals surface area contributed by atoms with Gasteiger partial charge in [-0.1, -0.05) is 0 Å². The molecule has 4 heteroatoms. The van der Waals surface area contributed by atoms with Gasteiger partial charge in [-0.3, -0.25) is 4.79 Å². The van der Waals surface area contributed by atoms with Gasteiger partial charge in [0.2, 0.25) is 0 Å². The molecular formula is C13H23NO3. The molecule has 1 saturated heterocycles. The maximum atomic E-state index is 10.5. The van der Waals surface area contributed by atoms with Crippen LogP contribution in [0, 0.1) is 11.3 Å². The molecule has 0 unspecified atom stereocenters. The first-order valence-corrected chi connectivity index (χ1v) is 6.62. The fourth-order valence-electron chi connectivity index (χ4n) is 2.78. The zero-order valence-electron chi connectivity index (χ0n) is 10.7. The summed E-state index contributed by atoms with van der Waals surface area (Å²) >= 11 is 0. The number of carbonyl (C=O) groups excluding carboxylic acids is 1. The van der Waals surface area contributed by atoms with E-state index in [9.17, 15) is 4.79 Å². The van der Waals surface area contributed by atoms with Crippen LogP contribution < -0.4 is 5.32 Å². The molecule has 0 aromatic rings. The van der Waals surface area contributed by atoms with E-state index in [-0.39, 0.29) is 5.97 Å². The Morgan fingerprint density at radius 3 is 2.53 bits per heavy atom. The number of hydrogen-bond acceptors (Lipinski definition) is 4. The molecular weight excluding hydrogens is 218 g/mol. The lowest BCUT2D eigenvalue weighted by atomic mass is 9.67. The summed E-state index contributed by atoms with van der Waals surface area (Å²) < 4.78 is 10.4. The van der Waals surface area contributed by atoms with Gasteiger partial charge in [-0.25, -0.2) is 0 Å². The Labute approximate surface area is 103 Å². The molecule has 2 fully saturated rings. The van der Waals surface area contributed by atoms with Crippen LogP contribution in [0.3, 0.4) is 0 Å². The maximum absolute atomic E-state index is 10.5. The number of nitrogens with one attached hydrogen (secondary N) is 1. The Balaban J connectivity index is 1.51. The van der Waals surface area contributed by atoms with Crippen LogP contribution in [0.4, 0.5) is 0 Å². The standard InChI is InChI=1S/C13H23NO3/c1-11(15)17-7-6-16-8-12-2-4-13(5-3-12)9-14-10-13/h12,14H,2-10H2,1H3. The summed E-state index contributed by atoms with van der Waals surface area (Å²) in [6.07, 6.45) is 5.26. The second-order valence-electron chi connectivity index (χ2n) is 5.46. The lowest BCUT2D eigenvalue weighted by Gasteiger charge is -2.47. The Kier molecular flexibility index (Phi) is 4.40. The van der Waals surface area contributed by atoms with Gasteiger partial charge in [0, 0.05) is 26.6 Å². The highest BCUT2D eigenvalue weighted by Crippen LogP contribution is 2.41. The summed E-state index contributed by atoms with van der Waals surface area (Å²) in [5.74, 6) is 0.476. The van der Waals surface area contributed by atoms with Crippen molar-refractivity contribution in [3.8, 4) is 0 Å². The minimum absolute atomic E-state index is 0.231. The third-order valence-electron chi connectivity index (χ3n) is 4.05. The van der Waals surface area contributed by atoms with Gasteiger partial charge in [0.1, 0.15) is 6.61 Å². The van der Waals surface area contributed by atoms with E-state index in [0.29, 0.717) is 24.5 Å². The fourth-order valence-corrected chi connectivity index (χ4v) is 2.78. The number of rotatable bonds is 5. The number of carbonyl (C=O) groups is 1. The second-order valence-corrected chi connectivity index (χ2v) is 5.46. The van der Waals surface area contributed by atoms with Crippen molar-refractivity contribution >= 4 is 5.97 Å². The van der Waals surface area contributed by atoms with Gasteiger partial charge in [-0.15, -0.1) is 0 Å². The van der Waals surface area contributed by atoms with Crippen molar-refractivity contribution in [2.75, 3.05) is 32.9 Å². The second kappa shape index (κ2) is 5.83. The molecule has 1 spiro atoms. The molecule has 0 bridgehead atoms. The lowest BCUT2D eigenvalue weighted by Crippen LogP contribution is -2.55. The molecule has 0 radical (unpaired) electrons. The van der Waals surface area contributed by atoms with E-state index in [1.165, 1.54) is 45.7 Å². The molecule has 1 aliphatic carbocycles. The smallest absolute Gasteiger partial charge is 0.302 e. The predicted molar refractivity (Wildman–Crippen MR) is 64.7 cm³/mol. The zero-order valence-corrected chi connectivity index (χ0v) is 10.7. The fraction of sp³-hybridized carbons (Fsp3) is 0.923. The van der Waals surface area contributed by atoms with Gasteiger partial charge in [0.05, 0.1) is 6.61 Å². The topological polar surface area (TPSA) is 47.6 Å². The average molecular weight is 241 g/mol. The molecule has 2 rings (SSSR count). The molecule has 1 N–H and O–H groups in total.